The van der Waals surface area contributed by atoms with Gasteiger partial charge in [0.1, 0.15) is 0 Å². The van der Waals surface area contributed by atoms with Crippen molar-refractivity contribution in [2.75, 3.05) is 33.2 Å². The van der Waals surface area contributed by atoms with Gasteiger partial charge in [0.25, 0.3) is 0 Å². The summed E-state index contributed by atoms with van der Waals surface area (Å²) in [6.45, 7) is 11.6. The lowest BCUT2D eigenvalue weighted by Crippen LogP contribution is -2.45. The average Bonchev–Trinajstić information content (AvgIpc) is 3.12. The first-order valence-corrected chi connectivity index (χ1v) is 8.83. The van der Waals surface area contributed by atoms with Crippen molar-refractivity contribution in [3.05, 3.63) is 17.5 Å². The SMILES string of the molecule is CCN1CCCC1CNC(=NC)NCCCn1nc(C)cc1C. The smallest absolute Gasteiger partial charge is 0.191 e. The Balaban J connectivity index is 1.66. The van der Waals surface area contributed by atoms with Gasteiger partial charge >= 0.3 is 0 Å². The zero-order chi connectivity index (χ0) is 16.7. The Morgan fingerprint density at radius 3 is 2.87 bits per heavy atom. The van der Waals surface area contributed by atoms with Crippen molar-refractivity contribution in [3.63, 3.8) is 0 Å². The maximum atomic E-state index is 4.49. The number of aromatic nitrogens is 2. The minimum atomic E-state index is 0.647. The van der Waals surface area contributed by atoms with Crippen LogP contribution >= 0.6 is 0 Å². The van der Waals surface area contributed by atoms with E-state index in [2.05, 4.69) is 50.2 Å². The van der Waals surface area contributed by atoms with E-state index in [0.717, 1.165) is 44.3 Å². The zero-order valence-electron chi connectivity index (χ0n) is 15.1. The van der Waals surface area contributed by atoms with Crippen LogP contribution in [0, 0.1) is 13.8 Å². The van der Waals surface area contributed by atoms with Gasteiger partial charge in [-0.1, -0.05) is 6.92 Å². The highest BCUT2D eigenvalue weighted by Crippen LogP contribution is 2.15. The van der Waals surface area contributed by atoms with Gasteiger partial charge in [-0.05, 0) is 52.3 Å². The summed E-state index contributed by atoms with van der Waals surface area (Å²) in [4.78, 5) is 6.86. The molecule has 6 heteroatoms. The molecule has 0 saturated carbocycles. The van der Waals surface area contributed by atoms with E-state index in [1.165, 1.54) is 25.1 Å². The highest BCUT2D eigenvalue weighted by molar-refractivity contribution is 5.79. The van der Waals surface area contributed by atoms with Crippen molar-refractivity contribution in [1.82, 2.24) is 25.3 Å². The van der Waals surface area contributed by atoms with E-state index in [4.69, 9.17) is 0 Å². The Hall–Kier alpha value is -1.56. The quantitative estimate of drug-likeness (QED) is 0.454. The molecule has 2 rings (SSSR count). The molecule has 1 fully saturated rings. The standard InChI is InChI=1S/C17H32N6/c1-5-22-10-6-8-16(22)13-20-17(18-4)19-9-7-11-23-15(3)12-14(2)21-23/h12,16H,5-11,13H2,1-4H3,(H2,18,19,20). The number of aryl methyl sites for hydroxylation is 3. The first kappa shape index (κ1) is 17.8. The van der Waals surface area contributed by atoms with Gasteiger partial charge in [-0.15, -0.1) is 0 Å². The molecule has 1 aliphatic rings. The highest BCUT2D eigenvalue weighted by Gasteiger charge is 2.22. The summed E-state index contributed by atoms with van der Waals surface area (Å²) in [6, 6.07) is 2.77. The molecule has 1 unspecified atom stereocenters. The predicted molar refractivity (Wildman–Crippen MR) is 96.0 cm³/mol. The number of likely N-dealkylation sites (tertiary alicyclic amines) is 1. The molecule has 0 aromatic carbocycles. The molecule has 0 spiro atoms. The van der Waals surface area contributed by atoms with Crippen molar-refractivity contribution >= 4 is 5.96 Å². The minimum absolute atomic E-state index is 0.647. The maximum Gasteiger partial charge on any atom is 0.191 e. The van der Waals surface area contributed by atoms with Crippen molar-refractivity contribution < 1.29 is 0 Å². The Labute approximate surface area is 140 Å². The zero-order valence-corrected chi connectivity index (χ0v) is 15.1. The van der Waals surface area contributed by atoms with Crippen molar-refractivity contribution in [3.8, 4) is 0 Å². The number of rotatable bonds is 7. The molecule has 0 bridgehead atoms. The fraction of sp³-hybridized carbons (Fsp3) is 0.765. The normalized spacial score (nSPS) is 19.3. The van der Waals surface area contributed by atoms with Crippen LogP contribution in [0.2, 0.25) is 0 Å². The lowest BCUT2D eigenvalue weighted by atomic mass is 10.2. The molecule has 23 heavy (non-hydrogen) atoms. The summed E-state index contributed by atoms with van der Waals surface area (Å²) in [5.41, 5.74) is 2.32. The van der Waals surface area contributed by atoms with E-state index >= 15 is 0 Å². The van der Waals surface area contributed by atoms with E-state index in [-0.39, 0.29) is 0 Å². The van der Waals surface area contributed by atoms with Crippen molar-refractivity contribution in [2.24, 2.45) is 4.99 Å². The third-order valence-corrected chi connectivity index (χ3v) is 4.58. The van der Waals surface area contributed by atoms with Crippen molar-refractivity contribution in [2.45, 2.75) is 52.6 Å². The number of aliphatic imine (C=N–C) groups is 1. The molecule has 6 nitrogen and oxygen atoms in total. The minimum Gasteiger partial charge on any atom is -0.356 e. The number of hydrogen-bond acceptors (Lipinski definition) is 3. The maximum absolute atomic E-state index is 4.49. The first-order chi connectivity index (χ1) is 11.1. The number of likely N-dealkylation sites (N-methyl/N-ethyl adjacent to an activating group) is 1. The number of guanidine groups is 1. The third kappa shape index (κ3) is 5.23. The van der Waals surface area contributed by atoms with Crippen LogP contribution in [-0.4, -0.2) is 59.9 Å². The van der Waals surface area contributed by atoms with Crippen molar-refractivity contribution in [1.29, 1.82) is 0 Å². The molecule has 0 amide bonds. The van der Waals surface area contributed by atoms with Crippen LogP contribution in [0.25, 0.3) is 0 Å². The molecule has 1 aromatic heterocycles. The van der Waals surface area contributed by atoms with E-state index in [9.17, 15) is 0 Å². The summed E-state index contributed by atoms with van der Waals surface area (Å²) < 4.78 is 2.07. The third-order valence-electron chi connectivity index (χ3n) is 4.58. The molecular weight excluding hydrogens is 288 g/mol. The van der Waals surface area contributed by atoms with Gasteiger partial charge in [-0.2, -0.15) is 5.10 Å². The van der Waals surface area contributed by atoms with Crippen LogP contribution in [0.15, 0.2) is 11.1 Å². The largest absolute Gasteiger partial charge is 0.356 e. The highest BCUT2D eigenvalue weighted by atomic mass is 15.3. The second kappa shape index (κ2) is 8.91. The lowest BCUT2D eigenvalue weighted by molar-refractivity contribution is 0.267. The molecule has 1 saturated heterocycles. The molecule has 2 heterocycles. The number of nitrogens with one attached hydrogen (secondary N) is 2. The molecule has 0 aliphatic carbocycles. The second-order valence-corrected chi connectivity index (χ2v) is 6.31. The first-order valence-electron chi connectivity index (χ1n) is 8.83. The number of hydrogen-bond donors (Lipinski definition) is 2. The summed E-state index contributed by atoms with van der Waals surface area (Å²) in [7, 11) is 1.84. The van der Waals surface area contributed by atoms with Crippen LogP contribution in [-0.2, 0) is 6.54 Å². The van der Waals surface area contributed by atoms with Crippen LogP contribution in [0.4, 0.5) is 0 Å². The molecule has 2 N–H and O–H groups in total. The van der Waals surface area contributed by atoms with Crippen LogP contribution in [0.1, 0.15) is 37.6 Å². The molecule has 1 atom stereocenters. The monoisotopic (exact) mass is 320 g/mol. The number of nitrogens with zero attached hydrogens (tertiary/aromatic N) is 4. The Morgan fingerprint density at radius 2 is 2.22 bits per heavy atom. The van der Waals surface area contributed by atoms with E-state index in [1.807, 2.05) is 14.0 Å². The molecular formula is C17H32N6. The fourth-order valence-electron chi connectivity index (χ4n) is 3.31. The second-order valence-electron chi connectivity index (χ2n) is 6.31. The van der Waals surface area contributed by atoms with Crippen LogP contribution in [0.3, 0.4) is 0 Å². The topological polar surface area (TPSA) is 57.5 Å². The van der Waals surface area contributed by atoms with Gasteiger partial charge in [-0.3, -0.25) is 14.6 Å². The Bertz CT molecular complexity index is 507. The van der Waals surface area contributed by atoms with E-state index in [1.54, 1.807) is 0 Å². The van der Waals surface area contributed by atoms with E-state index in [0.29, 0.717) is 6.04 Å². The summed E-state index contributed by atoms with van der Waals surface area (Å²) in [5.74, 6) is 0.904. The van der Waals surface area contributed by atoms with Crippen LogP contribution in [0.5, 0.6) is 0 Å². The average molecular weight is 320 g/mol. The van der Waals surface area contributed by atoms with Gasteiger partial charge in [0.05, 0.1) is 5.69 Å². The summed E-state index contributed by atoms with van der Waals surface area (Å²) >= 11 is 0. The molecule has 130 valence electrons. The summed E-state index contributed by atoms with van der Waals surface area (Å²) in [6.07, 6.45) is 3.64. The van der Waals surface area contributed by atoms with Gasteiger partial charge in [0, 0.05) is 38.4 Å². The van der Waals surface area contributed by atoms with Gasteiger partial charge < -0.3 is 10.6 Å². The van der Waals surface area contributed by atoms with Gasteiger partial charge in [0.2, 0.25) is 0 Å². The fourth-order valence-corrected chi connectivity index (χ4v) is 3.31. The van der Waals surface area contributed by atoms with E-state index < -0.39 is 0 Å². The molecule has 0 radical (unpaired) electrons. The van der Waals surface area contributed by atoms with Crippen LogP contribution < -0.4 is 10.6 Å². The van der Waals surface area contributed by atoms with Gasteiger partial charge in [0.15, 0.2) is 5.96 Å². The molecule has 1 aliphatic heterocycles. The lowest BCUT2D eigenvalue weighted by Gasteiger charge is -2.24. The Morgan fingerprint density at radius 1 is 1.39 bits per heavy atom. The Kier molecular flexibility index (Phi) is 6.89. The summed E-state index contributed by atoms with van der Waals surface area (Å²) in [5, 5.41) is 11.4. The van der Waals surface area contributed by atoms with Gasteiger partial charge in [-0.25, -0.2) is 0 Å². The molecule has 1 aromatic rings. The predicted octanol–water partition coefficient (Wildman–Crippen LogP) is 1.54.